The summed E-state index contributed by atoms with van der Waals surface area (Å²) in [7, 11) is 4.97. The number of hydrogen-bond donors (Lipinski definition) is 2. The predicted molar refractivity (Wildman–Crippen MR) is 144 cm³/mol. The molecule has 1 aliphatic rings. The first-order valence-electron chi connectivity index (χ1n) is 12.6. The van der Waals surface area contributed by atoms with E-state index >= 15 is 0 Å². The van der Waals surface area contributed by atoms with Crippen LogP contribution < -0.4 is 20.3 Å². The molecule has 0 bridgehead atoms. The highest BCUT2D eigenvalue weighted by molar-refractivity contribution is 6.01. The number of nitrogens with one attached hydrogen (secondary N) is 2. The maximum Gasteiger partial charge on any atom is 0.407 e. The van der Waals surface area contributed by atoms with Crippen molar-refractivity contribution in [2.45, 2.75) is 25.6 Å². The SMILES string of the molecule is CNCc1ccc(-c2ccnc3c2c(N2CC[C@@H](OC(=O)NC)C2)nn3Cc2ccc(OC)cc2)cc1F. The van der Waals surface area contributed by atoms with E-state index < -0.39 is 6.09 Å². The molecule has 0 radical (unpaired) electrons. The number of rotatable bonds is 8. The molecule has 5 rings (SSSR count). The van der Waals surface area contributed by atoms with Crippen LogP contribution in [0.3, 0.4) is 0 Å². The summed E-state index contributed by atoms with van der Waals surface area (Å²) >= 11 is 0. The Labute approximate surface area is 220 Å². The second-order valence-corrected chi connectivity index (χ2v) is 9.23. The van der Waals surface area contributed by atoms with Crippen LogP contribution in [0.4, 0.5) is 15.0 Å². The number of halogens is 1. The highest BCUT2D eigenvalue weighted by atomic mass is 19.1. The Hall–Kier alpha value is -4.18. The quantitative estimate of drug-likeness (QED) is 0.365. The molecule has 2 aromatic carbocycles. The number of carbonyl (C=O) groups excluding carboxylic acids is 1. The standard InChI is InChI=1S/C28H31FN6O3/c1-30-15-20-7-6-19(14-24(20)29)23-10-12-32-26-25(23)27(34-13-11-22(17-34)38-28(36)31-2)33-35(26)16-18-4-8-21(37-3)9-5-18/h4-10,12,14,22,30H,11,13,15-17H2,1-3H3,(H,31,36)/t22-/m1/s1. The van der Waals surface area contributed by atoms with Crippen molar-refractivity contribution in [1.29, 1.82) is 0 Å². The smallest absolute Gasteiger partial charge is 0.407 e. The minimum absolute atomic E-state index is 0.255. The number of aromatic nitrogens is 3. The first-order valence-corrected chi connectivity index (χ1v) is 12.6. The van der Waals surface area contributed by atoms with E-state index in [1.807, 2.05) is 41.1 Å². The van der Waals surface area contributed by atoms with Gasteiger partial charge in [0.15, 0.2) is 11.5 Å². The summed E-state index contributed by atoms with van der Waals surface area (Å²) in [5.74, 6) is 1.25. The van der Waals surface area contributed by atoms with Crippen LogP contribution in [0.15, 0.2) is 54.7 Å². The molecule has 2 aromatic heterocycles. The van der Waals surface area contributed by atoms with Crippen molar-refractivity contribution in [3.8, 4) is 16.9 Å². The first-order chi connectivity index (χ1) is 18.5. The summed E-state index contributed by atoms with van der Waals surface area (Å²) in [5.41, 5.74) is 3.93. The van der Waals surface area contributed by atoms with E-state index in [-0.39, 0.29) is 11.9 Å². The number of benzene rings is 2. The summed E-state index contributed by atoms with van der Waals surface area (Å²) in [4.78, 5) is 18.6. The van der Waals surface area contributed by atoms with Crippen LogP contribution in [-0.4, -0.2) is 61.3 Å². The van der Waals surface area contributed by atoms with Gasteiger partial charge in [0.25, 0.3) is 0 Å². The van der Waals surface area contributed by atoms with Gasteiger partial charge in [0, 0.05) is 38.3 Å². The predicted octanol–water partition coefficient (Wildman–Crippen LogP) is 3.95. The number of methoxy groups -OCH3 is 1. The van der Waals surface area contributed by atoms with E-state index in [0.717, 1.165) is 33.6 Å². The van der Waals surface area contributed by atoms with Crippen molar-refractivity contribution in [2.24, 2.45) is 0 Å². The molecule has 1 aliphatic heterocycles. The molecule has 1 saturated heterocycles. The van der Waals surface area contributed by atoms with Crippen LogP contribution in [0.1, 0.15) is 17.5 Å². The molecule has 38 heavy (non-hydrogen) atoms. The Bertz CT molecular complexity index is 1440. The zero-order chi connectivity index (χ0) is 26.6. The average molecular weight is 519 g/mol. The molecule has 9 nitrogen and oxygen atoms in total. The van der Waals surface area contributed by atoms with Crippen molar-refractivity contribution < 1.29 is 18.7 Å². The monoisotopic (exact) mass is 518 g/mol. The zero-order valence-electron chi connectivity index (χ0n) is 21.7. The zero-order valence-corrected chi connectivity index (χ0v) is 21.7. The van der Waals surface area contributed by atoms with Gasteiger partial charge in [0.05, 0.1) is 25.6 Å². The van der Waals surface area contributed by atoms with Gasteiger partial charge in [0.2, 0.25) is 0 Å². The third kappa shape index (κ3) is 5.12. The van der Waals surface area contributed by atoms with Crippen LogP contribution in [0.2, 0.25) is 0 Å². The minimum Gasteiger partial charge on any atom is -0.497 e. The Morgan fingerprint density at radius 1 is 1.16 bits per heavy atom. The number of pyridine rings is 1. The lowest BCUT2D eigenvalue weighted by atomic mass is 10.0. The summed E-state index contributed by atoms with van der Waals surface area (Å²) in [5, 5.41) is 11.3. The second-order valence-electron chi connectivity index (χ2n) is 9.23. The summed E-state index contributed by atoms with van der Waals surface area (Å²) < 4.78 is 27.6. The van der Waals surface area contributed by atoms with Gasteiger partial charge in [0.1, 0.15) is 17.7 Å². The van der Waals surface area contributed by atoms with E-state index in [9.17, 15) is 9.18 Å². The third-order valence-corrected chi connectivity index (χ3v) is 6.76. The normalized spacial score (nSPS) is 15.2. The van der Waals surface area contributed by atoms with Crippen LogP contribution >= 0.6 is 0 Å². The third-order valence-electron chi connectivity index (χ3n) is 6.76. The van der Waals surface area contributed by atoms with E-state index in [1.165, 1.54) is 0 Å². The largest absolute Gasteiger partial charge is 0.497 e. The lowest BCUT2D eigenvalue weighted by Gasteiger charge is -2.17. The van der Waals surface area contributed by atoms with Crippen LogP contribution in [0.25, 0.3) is 22.2 Å². The van der Waals surface area contributed by atoms with Crippen LogP contribution in [0, 0.1) is 5.82 Å². The fraction of sp³-hybridized carbons (Fsp3) is 0.321. The molecule has 1 amide bonds. The van der Waals surface area contributed by atoms with Crippen LogP contribution in [0.5, 0.6) is 5.75 Å². The molecule has 4 aromatic rings. The number of amides is 1. The molecular weight excluding hydrogens is 487 g/mol. The molecule has 10 heteroatoms. The topological polar surface area (TPSA) is 93.5 Å². The Morgan fingerprint density at radius 2 is 1.97 bits per heavy atom. The van der Waals surface area contributed by atoms with Crippen molar-refractivity contribution in [2.75, 3.05) is 39.2 Å². The lowest BCUT2D eigenvalue weighted by Crippen LogP contribution is -2.29. The molecule has 1 atom stereocenters. The lowest BCUT2D eigenvalue weighted by molar-refractivity contribution is 0.110. The first kappa shape index (κ1) is 25.5. The molecular formula is C28H31FN6O3. The molecule has 0 spiro atoms. The molecule has 0 aliphatic carbocycles. The number of nitrogens with zero attached hydrogens (tertiary/aromatic N) is 4. The minimum atomic E-state index is -0.453. The van der Waals surface area contributed by atoms with Gasteiger partial charge < -0.3 is 25.0 Å². The van der Waals surface area contributed by atoms with E-state index in [1.54, 1.807) is 39.5 Å². The second kappa shape index (κ2) is 11.1. The van der Waals surface area contributed by atoms with Gasteiger partial charge in [-0.05, 0) is 48.0 Å². The number of carbonyl (C=O) groups is 1. The maximum absolute atomic E-state index is 14.9. The number of hydrogen-bond acceptors (Lipinski definition) is 7. The van der Waals surface area contributed by atoms with Gasteiger partial charge in [-0.3, -0.25) is 0 Å². The highest BCUT2D eigenvalue weighted by Gasteiger charge is 2.30. The van der Waals surface area contributed by atoms with E-state index in [4.69, 9.17) is 14.6 Å². The molecule has 3 heterocycles. The molecule has 1 fully saturated rings. The van der Waals surface area contributed by atoms with Gasteiger partial charge >= 0.3 is 6.09 Å². The highest BCUT2D eigenvalue weighted by Crippen LogP contribution is 2.37. The number of ether oxygens (including phenoxy) is 2. The Morgan fingerprint density at radius 3 is 2.68 bits per heavy atom. The summed E-state index contributed by atoms with van der Waals surface area (Å²) in [6, 6.07) is 15.0. The van der Waals surface area contributed by atoms with Gasteiger partial charge in [-0.1, -0.05) is 24.3 Å². The summed E-state index contributed by atoms with van der Waals surface area (Å²) in [6.07, 6.45) is 1.71. The number of fused-ring (bicyclic) bond motifs is 1. The molecule has 0 unspecified atom stereocenters. The van der Waals surface area contributed by atoms with Crippen molar-refractivity contribution in [3.63, 3.8) is 0 Å². The van der Waals surface area contributed by atoms with Crippen molar-refractivity contribution >= 4 is 22.9 Å². The number of alkyl carbamates (subject to hydrolysis) is 1. The fourth-order valence-corrected chi connectivity index (χ4v) is 4.83. The van der Waals surface area contributed by atoms with E-state index in [0.29, 0.717) is 43.8 Å². The van der Waals surface area contributed by atoms with Gasteiger partial charge in [-0.2, -0.15) is 5.10 Å². The molecule has 0 saturated carbocycles. The van der Waals surface area contributed by atoms with Crippen LogP contribution in [-0.2, 0) is 17.8 Å². The summed E-state index contributed by atoms with van der Waals surface area (Å²) in [6.45, 7) is 2.12. The van der Waals surface area contributed by atoms with Crippen molar-refractivity contribution in [1.82, 2.24) is 25.4 Å². The average Bonchev–Trinajstić information content (AvgIpc) is 3.55. The molecule has 198 valence electrons. The molecule has 2 N–H and O–H groups in total. The fourth-order valence-electron chi connectivity index (χ4n) is 4.83. The maximum atomic E-state index is 14.9. The number of anilines is 1. The van der Waals surface area contributed by atoms with Gasteiger partial charge in [-0.25, -0.2) is 18.9 Å². The Balaban J connectivity index is 1.58. The Kier molecular flexibility index (Phi) is 7.41. The van der Waals surface area contributed by atoms with Gasteiger partial charge in [-0.15, -0.1) is 0 Å². The van der Waals surface area contributed by atoms with Crippen molar-refractivity contribution in [3.05, 3.63) is 71.7 Å². The van der Waals surface area contributed by atoms with E-state index in [2.05, 4.69) is 20.5 Å².